The molecule has 1 unspecified atom stereocenters. The molecular weight excluding hydrogens is 250 g/mol. The van der Waals surface area contributed by atoms with Gasteiger partial charge in [-0.3, -0.25) is 4.79 Å². The van der Waals surface area contributed by atoms with Crippen LogP contribution < -0.4 is 5.32 Å². The van der Waals surface area contributed by atoms with Crippen LogP contribution in [0.25, 0.3) is 0 Å². The van der Waals surface area contributed by atoms with E-state index in [4.69, 9.17) is 0 Å². The minimum absolute atomic E-state index is 0.0760. The molecule has 1 fully saturated rings. The molecule has 0 spiro atoms. The molecule has 1 saturated heterocycles. The van der Waals surface area contributed by atoms with Crippen molar-refractivity contribution in [2.24, 2.45) is 0 Å². The topological polar surface area (TPSA) is 63.2 Å². The quantitative estimate of drug-likeness (QED) is 0.882. The van der Waals surface area contributed by atoms with Crippen LogP contribution >= 0.6 is 0 Å². The van der Waals surface area contributed by atoms with Crippen molar-refractivity contribution in [3.8, 4) is 0 Å². The van der Waals surface area contributed by atoms with Crippen molar-refractivity contribution >= 4 is 15.7 Å². The molecule has 0 radical (unpaired) electrons. The summed E-state index contributed by atoms with van der Waals surface area (Å²) >= 11 is 0. The van der Waals surface area contributed by atoms with Crippen LogP contribution in [0.3, 0.4) is 0 Å². The van der Waals surface area contributed by atoms with E-state index in [2.05, 4.69) is 5.32 Å². The fraction of sp³-hybridized carbons (Fsp3) is 0.462. The molecule has 0 aliphatic carbocycles. The van der Waals surface area contributed by atoms with Crippen LogP contribution in [0.4, 0.5) is 0 Å². The van der Waals surface area contributed by atoms with Crippen LogP contribution in [-0.2, 0) is 21.1 Å². The van der Waals surface area contributed by atoms with E-state index in [-0.39, 0.29) is 23.5 Å². The van der Waals surface area contributed by atoms with Gasteiger partial charge in [-0.1, -0.05) is 29.8 Å². The third-order valence-electron chi connectivity index (χ3n) is 3.08. The first kappa shape index (κ1) is 13.1. The van der Waals surface area contributed by atoms with Crippen molar-refractivity contribution in [2.75, 3.05) is 11.5 Å². The summed E-state index contributed by atoms with van der Waals surface area (Å²) in [6.07, 6.45) is 0.832. The number of carbonyl (C=O) groups is 1. The fourth-order valence-corrected chi connectivity index (χ4v) is 3.75. The standard InChI is InChI=1S/C13H17NO3S/c1-10-2-4-11(5-3-10)8-13(15)14-12-6-7-18(16,17)9-12/h2-5,12H,6-9H2,1H3,(H,14,15). The monoisotopic (exact) mass is 267 g/mol. The highest BCUT2D eigenvalue weighted by Crippen LogP contribution is 2.11. The minimum Gasteiger partial charge on any atom is -0.352 e. The average Bonchev–Trinajstić information content (AvgIpc) is 2.61. The molecule has 0 aromatic heterocycles. The maximum absolute atomic E-state index is 11.8. The van der Waals surface area contributed by atoms with Gasteiger partial charge in [0.05, 0.1) is 17.9 Å². The Bertz CT molecular complexity index is 534. The molecule has 98 valence electrons. The second-order valence-electron chi connectivity index (χ2n) is 4.83. The Kier molecular flexibility index (Phi) is 3.71. The summed E-state index contributed by atoms with van der Waals surface area (Å²) in [5.74, 6) is 0.149. The summed E-state index contributed by atoms with van der Waals surface area (Å²) in [7, 11) is -2.93. The van der Waals surface area contributed by atoms with Gasteiger partial charge in [-0.25, -0.2) is 8.42 Å². The summed E-state index contributed by atoms with van der Waals surface area (Å²) in [6, 6.07) is 7.54. The van der Waals surface area contributed by atoms with Gasteiger partial charge in [0, 0.05) is 6.04 Å². The molecule has 0 bridgehead atoms. The largest absolute Gasteiger partial charge is 0.352 e. The van der Waals surface area contributed by atoms with Gasteiger partial charge in [-0.05, 0) is 18.9 Å². The van der Waals surface area contributed by atoms with Crippen molar-refractivity contribution in [3.05, 3.63) is 35.4 Å². The molecule has 1 aromatic carbocycles. The number of hydrogen-bond acceptors (Lipinski definition) is 3. The average molecular weight is 267 g/mol. The summed E-state index contributed by atoms with van der Waals surface area (Å²) in [5, 5.41) is 2.78. The highest BCUT2D eigenvalue weighted by molar-refractivity contribution is 7.91. The number of aryl methyl sites for hydroxylation is 1. The molecule has 1 aromatic rings. The molecule has 4 nitrogen and oxygen atoms in total. The summed E-state index contributed by atoms with van der Waals surface area (Å²) in [5.41, 5.74) is 2.10. The molecule has 2 rings (SSSR count). The second kappa shape index (κ2) is 5.10. The lowest BCUT2D eigenvalue weighted by Gasteiger charge is -2.10. The number of carbonyl (C=O) groups excluding carboxylic acids is 1. The first-order valence-corrected chi connectivity index (χ1v) is 7.82. The molecule has 18 heavy (non-hydrogen) atoms. The lowest BCUT2D eigenvalue weighted by Crippen LogP contribution is -2.36. The zero-order chi connectivity index (χ0) is 13.2. The Morgan fingerprint density at radius 2 is 2.00 bits per heavy atom. The van der Waals surface area contributed by atoms with E-state index in [1.165, 1.54) is 0 Å². The Labute approximate surface area is 107 Å². The van der Waals surface area contributed by atoms with Gasteiger partial charge in [0.15, 0.2) is 9.84 Å². The predicted molar refractivity (Wildman–Crippen MR) is 70.1 cm³/mol. The van der Waals surface area contributed by atoms with E-state index in [9.17, 15) is 13.2 Å². The van der Waals surface area contributed by atoms with Crippen molar-refractivity contribution in [2.45, 2.75) is 25.8 Å². The van der Waals surface area contributed by atoms with Gasteiger partial charge in [0.25, 0.3) is 0 Å². The number of rotatable bonds is 3. The molecule has 0 saturated carbocycles. The SMILES string of the molecule is Cc1ccc(CC(=O)NC2CCS(=O)(=O)C2)cc1. The van der Waals surface area contributed by atoms with Crippen LogP contribution in [0.5, 0.6) is 0 Å². The number of benzene rings is 1. The highest BCUT2D eigenvalue weighted by Gasteiger charge is 2.28. The first-order chi connectivity index (χ1) is 8.44. The molecule has 1 aliphatic heterocycles. The van der Waals surface area contributed by atoms with Crippen LogP contribution in [0.1, 0.15) is 17.5 Å². The van der Waals surface area contributed by atoms with Gasteiger partial charge in [0.1, 0.15) is 0 Å². The Morgan fingerprint density at radius 1 is 1.33 bits per heavy atom. The zero-order valence-corrected chi connectivity index (χ0v) is 11.2. The van der Waals surface area contributed by atoms with E-state index in [1.807, 2.05) is 31.2 Å². The van der Waals surface area contributed by atoms with Crippen LogP contribution in [0.2, 0.25) is 0 Å². The van der Waals surface area contributed by atoms with E-state index < -0.39 is 9.84 Å². The van der Waals surface area contributed by atoms with Crippen molar-refractivity contribution < 1.29 is 13.2 Å². The van der Waals surface area contributed by atoms with Gasteiger partial charge < -0.3 is 5.32 Å². The van der Waals surface area contributed by atoms with Crippen LogP contribution in [-0.4, -0.2) is 31.9 Å². The smallest absolute Gasteiger partial charge is 0.224 e. The van der Waals surface area contributed by atoms with Crippen molar-refractivity contribution in [1.29, 1.82) is 0 Å². The maximum Gasteiger partial charge on any atom is 0.224 e. The van der Waals surface area contributed by atoms with Gasteiger partial charge in [-0.2, -0.15) is 0 Å². The normalized spacial score (nSPS) is 21.7. The number of sulfone groups is 1. The summed E-state index contributed by atoms with van der Waals surface area (Å²) in [4.78, 5) is 11.8. The minimum atomic E-state index is -2.93. The third kappa shape index (κ3) is 3.57. The third-order valence-corrected chi connectivity index (χ3v) is 4.85. The van der Waals surface area contributed by atoms with Gasteiger partial charge >= 0.3 is 0 Å². The molecule has 5 heteroatoms. The zero-order valence-electron chi connectivity index (χ0n) is 10.3. The van der Waals surface area contributed by atoms with E-state index in [0.717, 1.165) is 11.1 Å². The Hall–Kier alpha value is -1.36. The number of nitrogens with one attached hydrogen (secondary N) is 1. The van der Waals surface area contributed by atoms with Crippen molar-refractivity contribution in [3.63, 3.8) is 0 Å². The second-order valence-corrected chi connectivity index (χ2v) is 7.06. The predicted octanol–water partition coefficient (Wildman–Crippen LogP) is 0.841. The molecule has 1 heterocycles. The van der Waals surface area contributed by atoms with E-state index in [1.54, 1.807) is 0 Å². The van der Waals surface area contributed by atoms with Crippen LogP contribution in [0.15, 0.2) is 24.3 Å². The lowest BCUT2D eigenvalue weighted by molar-refractivity contribution is -0.120. The number of amides is 1. The molecular formula is C13H17NO3S. The van der Waals surface area contributed by atoms with Gasteiger partial charge in [-0.15, -0.1) is 0 Å². The maximum atomic E-state index is 11.8. The Morgan fingerprint density at radius 3 is 2.56 bits per heavy atom. The Balaban J connectivity index is 1.88. The molecule has 1 amide bonds. The molecule has 1 aliphatic rings. The molecule has 1 N–H and O–H groups in total. The van der Waals surface area contributed by atoms with E-state index >= 15 is 0 Å². The molecule has 1 atom stereocenters. The summed E-state index contributed by atoms with van der Waals surface area (Å²) < 4.78 is 22.5. The van der Waals surface area contributed by atoms with Gasteiger partial charge in [0.2, 0.25) is 5.91 Å². The van der Waals surface area contributed by atoms with E-state index in [0.29, 0.717) is 12.8 Å². The number of hydrogen-bond donors (Lipinski definition) is 1. The first-order valence-electron chi connectivity index (χ1n) is 6.00. The lowest BCUT2D eigenvalue weighted by atomic mass is 10.1. The highest BCUT2D eigenvalue weighted by atomic mass is 32.2. The van der Waals surface area contributed by atoms with Crippen LogP contribution in [0, 0.1) is 6.92 Å². The summed E-state index contributed by atoms with van der Waals surface area (Å²) in [6.45, 7) is 1.99. The van der Waals surface area contributed by atoms with Crippen molar-refractivity contribution in [1.82, 2.24) is 5.32 Å². The fourth-order valence-electron chi connectivity index (χ4n) is 2.08.